The number of nitrogens with one attached hydrogen (secondary N) is 9. The average molecular weight is 1020 g/mol. The monoisotopic (exact) mass is 1020 g/mol. The van der Waals surface area contributed by atoms with Crippen LogP contribution in [0.2, 0.25) is 0 Å². The molecule has 0 fully saturated rings. The van der Waals surface area contributed by atoms with Gasteiger partial charge in [-0.3, -0.25) is 81.5 Å². The van der Waals surface area contributed by atoms with Gasteiger partial charge in [-0.15, -0.1) is 0 Å². The van der Waals surface area contributed by atoms with Crippen LogP contribution in [-0.4, -0.2) is 259 Å². The molecular weight excluding hydrogens is 964 g/mol. The lowest BCUT2D eigenvalue weighted by molar-refractivity contribution is -0.146. The van der Waals surface area contributed by atoms with Crippen molar-refractivity contribution in [3.8, 4) is 0 Å². The summed E-state index contributed by atoms with van der Waals surface area (Å²) in [5.41, 5.74) is 5.11. The van der Waals surface area contributed by atoms with Gasteiger partial charge in [-0.1, -0.05) is 0 Å². The van der Waals surface area contributed by atoms with Crippen LogP contribution in [0.15, 0.2) is 0 Å². The van der Waals surface area contributed by atoms with Crippen LogP contribution >= 0.6 is 0 Å². The van der Waals surface area contributed by atoms with Gasteiger partial charge in [-0.25, -0.2) is 0 Å². The summed E-state index contributed by atoms with van der Waals surface area (Å²) in [7, 11) is 0. The molecule has 0 spiro atoms. The van der Waals surface area contributed by atoms with Gasteiger partial charge in [0.05, 0.1) is 52.4 Å². The zero-order chi connectivity index (χ0) is 54.2. The molecule has 0 rings (SSSR count). The number of hydrogen-bond acceptors (Lipinski definition) is 18. The van der Waals surface area contributed by atoms with E-state index in [2.05, 4.69) is 47.9 Å². The highest BCUT2D eigenvalue weighted by atomic mass is 16.4. The molecule has 0 aliphatic heterocycles. The van der Waals surface area contributed by atoms with E-state index < -0.39 is 205 Å². The van der Waals surface area contributed by atoms with Crippen LogP contribution in [0.25, 0.3) is 0 Å². The number of carboxylic acid groups (broad SMARTS) is 4. The maximum absolute atomic E-state index is 12.7. The fourth-order valence-electron chi connectivity index (χ4n) is 4.87. The Kier molecular flexibility index (Phi) is 29.2. The first-order valence-electron chi connectivity index (χ1n) is 20.3. The Morgan fingerprint density at radius 2 is 0.535 bits per heavy atom. The van der Waals surface area contributed by atoms with Crippen LogP contribution in [0.5, 0.6) is 0 Å². The second-order valence-electron chi connectivity index (χ2n) is 14.0. The molecule has 0 atom stereocenters. The van der Waals surface area contributed by atoms with Crippen LogP contribution in [0.3, 0.4) is 0 Å². The molecule has 0 bridgehead atoms. The van der Waals surface area contributed by atoms with Gasteiger partial charge in [0.2, 0.25) is 76.8 Å². The average Bonchev–Trinajstić information content (AvgIpc) is 3.28. The molecule has 0 aliphatic carbocycles. The number of nitrogens with two attached hydrogens (primary N) is 1. The number of rotatable bonds is 34. The third kappa shape index (κ3) is 30.8. The van der Waals surface area contributed by atoms with Crippen LogP contribution < -0.4 is 53.6 Å². The predicted octanol–water partition coefficient (Wildman–Crippen LogP) is -12.3. The van der Waals surface area contributed by atoms with Gasteiger partial charge >= 0.3 is 23.9 Å². The van der Waals surface area contributed by atoms with E-state index in [1.54, 1.807) is 0 Å². The Hall–Kier alpha value is -9.05. The molecular formula is C36H54N14O21. The molecule has 0 saturated heterocycles. The molecule has 35 nitrogen and oxygen atoms in total. The molecule has 71 heavy (non-hydrogen) atoms. The minimum atomic E-state index is -1.57. The summed E-state index contributed by atoms with van der Waals surface area (Å²) in [4.78, 5) is 205. The normalized spacial score (nSPS) is 10.1. The van der Waals surface area contributed by atoms with Crippen molar-refractivity contribution in [3.05, 3.63) is 0 Å². The van der Waals surface area contributed by atoms with E-state index in [0.29, 0.717) is 19.6 Å². The third-order valence-electron chi connectivity index (χ3n) is 8.15. The number of carbonyl (C=O) groups excluding carboxylic acids is 13. The quantitative estimate of drug-likeness (QED) is 0.0266. The Bertz CT molecular complexity index is 2050. The summed E-state index contributed by atoms with van der Waals surface area (Å²) < 4.78 is 0. The molecule has 0 aromatic carbocycles. The van der Waals surface area contributed by atoms with Crippen molar-refractivity contribution in [2.24, 2.45) is 5.73 Å². The molecule has 15 N–H and O–H groups in total. The molecule has 394 valence electrons. The number of nitrogens with zero attached hydrogens (tertiary/aromatic N) is 4. The van der Waals surface area contributed by atoms with E-state index >= 15 is 0 Å². The predicted molar refractivity (Wildman–Crippen MR) is 229 cm³/mol. The van der Waals surface area contributed by atoms with Crippen molar-refractivity contribution in [1.29, 1.82) is 0 Å². The van der Waals surface area contributed by atoms with Crippen molar-refractivity contribution < 1.29 is 102 Å². The summed E-state index contributed by atoms with van der Waals surface area (Å²) >= 11 is 0. The highest BCUT2D eigenvalue weighted by molar-refractivity contribution is 5.96. The molecule has 0 heterocycles. The van der Waals surface area contributed by atoms with E-state index in [4.69, 9.17) is 15.9 Å². The lowest BCUT2D eigenvalue weighted by atomic mass is 10.3. The topological polar surface area (TPSA) is 518 Å². The van der Waals surface area contributed by atoms with Crippen LogP contribution in [0.1, 0.15) is 6.92 Å². The smallest absolute Gasteiger partial charge is 0.323 e. The SMILES string of the molecule is CC(=O)NCC(=O)NCC(=O)N(CC(=O)O)CC(=O)NCC(=O)NCC(=O)N(CC(=O)O)CC(=O)NCCNC(=O)CN(CC(=O)O)C(=O)CNC(=O)CNC(=O)CN(CC(=O)O)C(=O)CNC(=O)CN. The molecule has 35 heteroatoms. The Labute approximate surface area is 400 Å². The first-order valence-corrected chi connectivity index (χ1v) is 20.3. The largest absolute Gasteiger partial charge is 0.480 e. The number of hydrogen-bond donors (Lipinski definition) is 14. The van der Waals surface area contributed by atoms with E-state index in [-0.39, 0.29) is 13.1 Å². The van der Waals surface area contributed by atoms with Crippen molar-refractivity contribution >= 4 is 101 Å². The second-order valence-corrected chi connectivity index (χ2v) is 14.0. The van der Waals surface area contributed by atoms with Crippen LogP contribution in [0, 0.1) is 0 Å². The molecule has 0 saturated carbocycles. The summed E-state index contributed by atoms with van der Waals surface area (Å²) in [6, 6.07) is 0. The zero-order valence-electron chi connectivity index (χ0n) is 37.8. The van der Waals surface area contributed by atoms with Gasteiger partial charge < -0.3 is 93.6 Å². The number of aliphatic carboxylic acids is 4. The standard InChI is InChI=1S/C36H54N14O21/c1-20(51)40-5-22(53)44-9-32(63)50(19-36(70)71)15-28(59)42-7-24(55)46-11-31(62)48(17-34(66)67)13-26(57)39-3-2-38-25(56)12-47(16-33(64)65)30(61)10-45-23(54)6-41-27(58)14-49(18-35(68)69)29(60)8-43-21(52)4-37/h2-19,37H2,1H3,(H,38,56)(H,39,57)(H,40,51)(H,41,58)(H,42,59)(H,43,52)(H,44,53)(H,45,54)(H,46,55)(H,64,65)(H,66,67)(H,68,69)(H,70,71). The first-order chi connectivity index (χ1) is 33.2. The number of carboxylic acids is 4. The lowest BCUT2D eigenvalue weighted by Crippen LogP contribution is -2.50. The second kappa shape index (κ2) is 33.4. The Morgan fingerprint density at radius 1 is 0.310 bits per heavy atom. The molecule has 0 aromatic heterocycles. The van der Waals surface area contributed by atoms with Gasteiger partial charge in [0, 0.05) is 20.0 Å². The molecule has 13 amide bonds. The minimum absolute atomic E-state index is 0.360. The number of carbonyl (C=O) groups is 17. The summed E-state index contributed by atoms with van der Waals surface area (Å²) in [5.74, 6) is -18.5. The number of amides is 13. The summed E-state index contributed by atoms with van der Waals surface area (Å²) in [6.07, 6.45) is 0. The van der Waals surface area contributed by atoms with E-state index in [1.165, 1.54) is 0 Å². The van der Waals surface area contributed by atoms with Crippen molar-refractivity contribution in [3.63, 3.8) is 0 Å². The van der Waals surface area contributed by atoms with Crippen LogP contribution in [-0.2, 0) is 81.5 Å². The fourth-order valence-corrected chi connectivity index (χ4v) is 4.87. The van der Waals surface area contributed by atoms with Crippen molar-refractivity contribution in [1.82, 2.24) is 67.5 Å². The fraction of sp³-hybridized carbons (Fsp3) is 0.528. The van der Waals surface area contributed by atoms with E-state index in [1.807, 2.05) is 0 Å². The summed E-state index contributed by atoms with van der Waals surface area (Å²) in [5, 5.41) is 55.7. The first kappa shape index (κ1) is 62.0. The summed E-state index contributed by atoms with van der Waals surface area (Å²) in [6.45, 7) is -12.9. The van der Waals surface area contributed by atoms with E-state index in [0.717, 1.165) is 6.92 Å². The van der Waals surface area contributed by atoms with Gasteiger partial charge in [0.25, 0.3) is 0 Å². The highest BCUT2D eigenvalue weighted by Crippen LogP contribution is 1.95. The zero-order valence-corrected chi connectivity index (χ0v) is 37.8. The minimum Gasteiger partial charge on any atom is -0.480 e. The maximum Gasteiger partial charge on any atom is 0.323 e. The maximum atomic E-state index is 12.7. The molecule has 0 aromatic rings. The van der Waals surface area contributed by atoms with Crippen LogP contribution in [0.4, 0.5) is 0 Å². The van der Waals surface area contributed by atoms with Gasteiger partial charge in [-0.2, -0.15) is 0 Å². The van der Waals surface area contributed by atoms with Crippen molar-refractivity contribution in [2.45, 2.75) is 6.92 Å². The molecule has 0 radical (unpaired) electrons. The lowest BCUT2D eigenvalue weighted by Gasteiger charge is -2.22. The van der Waals surface area contributed by atoms with E-state index in [9.17, 15) is 91.7 Å². The highest BCUT2D eigenvalue weighted by Gasteiger charge is 2.25. The Morgan fingerprint density at radius 3 is 0.775 bits per heavy atom. The Balaban J connectivity index is 5.00. The van der Waals surface area contributed by atoms with Crippen molar-refractivity contribution in [2.75, 3.05) is 118 Å². The molecule has 0 aliphatic rings. The van der Waals surface area contributed by atoms with Gasteiger partial charge in [0.1, 0.15) is 52.4 Å². The van der Waals surface area contributed by atoms with Gasteiger partial charge in [-0.05, 0) is 0 Å². The molecule has 0 unspecified atom stereocenters. The third-order valence-corrected chi connectivity index (χ3v) is 8.15. The van der Waals surface area contributed by atoms with Gasteiger partial charge in [0.15, 0.2) is 0 Å².